The van der Waals surface area contributed by atoms with Crippen LogP contribution in [-0.4, -0.2) is 80.5 Å². The Bertz CT molecular complexity index is 787. The molecule has 3 aliphatic rings. The molecule has 2 amide bonds. The molecule has 3 fully saturated rings. The number of rotatable bonds is 3. The van der Waals surface area contributed by atoms with Gasteiger partial charge in [-0.1, -0.05) is 18.2 Å². The molecule has 0 saturated carbocycles. The molecule has 29 heavy (non-hydrogen) atoms. The Morgan fingerprint density at radius 3 is 2.28 bits per heavy atom. The number of morpholine rings is 1. The van der Waals surface area contributed by atoms with E-state index < -0.39 is 10.0 Å². The van der Waals surface area contributed by atoms with Gasteiger partial charge in [0.15, 0.2) is 0 Å². The Hall–Kier alpha value is -1.64. The van der Waals surface area contributed by atoms with Crippen LogP contribution in [0.2, 0.25) is 0 Å². The van der Waals surface area contributed by atoms with Crippen molar-refractivity contribution in [2.75, 3.05) is 45.9 Å². The summed E-state index contributed by atoms with van der Waals surface area (Å²) >= 11 is 0. The van der Waals surface area contributed by atoms with Crippen LogP contribution in [0.4, 0.5) is 4.79 Å². The lowest BCUT2D eigenvalue weighted by atomic mass is 9.84. The van der Waals surface area contributed by atoms with E-state index in [1.807, 2.05) is 11.0 Å². The lowest BCUT2D eigenvalue weighted by Crippen LogP contribution is -2.56. The molecule has 3 aliphatic heterocycles. The van der Waals surface area contributed by atoms with Gasteiger partial charge in [-0.05, 0) is 50.2 Å². The fourth-order valence-corrected chi connectivity index (χ4v) is 6.35. The Balaban J connectivity index is 1.40. The molecule has 1 unspecified atom stereocenters. The Labute approximate surface area is 173 Å². The topological polar surface area (TPSA) is 70.2 Å². The number of carbonyl (C=O) groups excluding carboxylic acids is 1. The van der Waals surface area contributed by atoms with Gasteiger partial charge in [0.2, 0.25) is 10.0 Å². The highest BCUT2D eigenvalue weighted by molar-refractivity contribution is 7.89. The highest BCUT2D eigenvalue weighted by atomic mass is 32.2. The van der Waals surface area contributed by atoms with Crippen molar-refractivity contribution in [1.82, 2.24) is 14.1 Å². The van der Waals surface area contributed by atoms with Crippen molar-refractivity contribution in [2.45, 2.75) is 43.0 Å². The summed E-state index contributed by atoms with van der Waals surface area (Å²) in [6, 6.07) is 9.02. The van der Waals surface area contributed by atoms with E-state index in [1.165, 1.54) is 0 Å². The first-order valence-corrected chi connectivity index (χ1v) is 12.2. The summed E-state index contributed by atoms with van der Waals surface area (Å²) in [4.78, 5) is 17.4. The van der Waals surface area contributed by atoms with Crippen molar-refractivity contribution >= 4 is 16.1 Å². The largest absolute Gasteiger partial charge is 0.378 e. The van der Waals surface area contributed by atoms with Crippen molar-refractivity contribution in [3.63, 3.8) is 0 Å². The number of hydrogen-bond donors (Lipinski definition) is 0. The van der Waals surface area contributed by atoms with E-state index in [9.17, 15) is 13.2 Å². The summed E-state index contributed by atoms with van der Waals surface area (Å²) in [6.45, 7) is 4.41. The number of ether oxygens (including phenoxy) is 1. The Morgan fingerprint density at radius 1 is 0.897 bits per heavy atom. The van der Waals surface area contributed by atoms with Crippen molar-refractivity contribution in [3.05, 3.63) is 30.3 Å². The van der Waals surface area contributed by atoms with Gasteiger partial charge in [0, 0.05) is 38.8 Å². The third-order valence-corrected chi connectivity index (χ3v) is 8.41. The standard InChI is InChI=1S/C21H31N3O4S/c25-21(22-14-16-28-17-15-22)24-11-5-4-8-20(24)18-9-12-23(13-10-18)29(26,27)19-6-2-1-3-7-19/h1-3,6-7,18,20H,4-5,8-17H2. The van der Waals surface area contributed by atoms with Gasteiger partial charge in [-0.15, -0.1) is 0 Å². The zero-order chi connectivity index (χ0) is 20.3. The molecule has 0 aliphatic carbocycles. The molecule has 0 aromatic heterocycles. The van der Waals surface area contributed by atoms with E-state index >= 15 is 0 Å². The summed E-state index contributed by atoms with van der Waals surface area (Å²) in [5, 5.41) is 0. The Morgan fingerprint density at radius 2 is 1.59 bits per heavy atom. The molecule has 1 aromatic rings. The molecule has 0 radical (unpaired) electrons. The minimum Gasteiger partial charge on any atom is -0.378 e. The fourth-order valence-electron chi connectivity index (χ4n) is 4.86. The van der Waals surface area contributed by atoms with E-state index in [0.717, 1.165) is 38.6 Å². The van der Waals surface area contributed by atoms with Gasteiger partial charge in [-0.2, -0.15) is 4.31 Å². The number of benzene rings is 1. The van der Waals surface area contributed by atoms with E-state index in [-0.39, 0.29) is 12.1 Å². The van der Waals surface area contributed by atoms with Crippen molar-refractivity contribution < 1.29 is 17.9 Å². The van der Waals surface area contributed by atoms with Gasteiger partial charge in [-0.3, -0.25) is 0 Å². The second-order valence-electron chi connectivity index (χ2n) is 8.19. The zero-order valence-electron chi connectivity index (χ0n) is 16.9. The highest BCUT2D eigenvalue weighted by Gasteiger charge is 2.38. The van der Waals surface area contributed by atoms with E-state index in [2.05, 4.69) is 4.90 Å². The van der Waals surface area contributed by atoms with E-state index in [4.69, 9.17) is 4.74 Å². The molecule has 8 heteroatoms. The Kier molecular flexibility index (Phi) is 6.41. The summed E-state index contributed by atoms with van der Waals surface area (Å²) in [6.07, 6.45) is 4.83. The summed E-state index contributed by atoms with van der Waals surface area (Å²) in [5.74, 6) is 0.363. The third kappa shape index (κ3) is 4.44. The van der Waals surface area contributed by atoms with Crippen LogP contribution in [0.3, 0.4) is 0 Å². The fraction of sp³-hybridized carbons (Fsp3) is 0.667. The first kappa shape index (κ1) is 20.6. The molecule has 3 heterocycles. The molecule has 0 spiro atoms. The van der Waals surface area contributed by atoms with Crippen LogP contribution < -0.4 is 0 Å². The minimum atomic E-state index is -3.43. The monoisotopic (exact) mass is 421 g/mol. The highest BCUT2D eigenvalue weighted by Crippen LogP contribution is 2.33. The van der Waals surface area contributed by atoms with Crippen LogP contribution in [0.1, 0.15) is 32.1 Å². The quantitative estimate of drug-likeness (QED) is 0.751. The smallest absolute Gasteiger partial charge is 0.320 e. The molecule has 3 saturated heterocycles. The molecular formula is C21H31N3O4S. The lowest BCUT2D eigenvalue weighted by molar-refractivity contribution is 0.0264. The number of piperidine rings is 2. The molecular weight excluding hydrogens is 390 g/mol. The zero-order valence-corrected chi connectivity index (χ0v) is 17.7. The summed E-state index contributed by atoms with van der Waals surface area (Å²) in [5.41, 5.74) is 0. The van der Waals surface area contributed by atoms with Gasteiger partial charge in [0.25, 0.3) is 0 Å². The normalized spacial score (nSPS) is 25.2. The summed E-state index contributed by atoms with van der Waals surface area (Å²) in [7, 11) is -3.43. The average Bonchev–Trinajstić information content (AvgIpc) is 2.80. The maximum Gasteiger partial charge on any atom is 0.320 e. The molecule has 0 N–H and O–H groups in total. The van der Waals surface area contributed by atoms with Crippen LogP contribution in [0.25, 0.3) is 0 Å². The predicted octanol–water partition coefficient (Wildman–Crippen LogP) is 2.39. The van der Waals surface area contributed by atoms with Gasteiger partial charge >= 0.3 is 6.03 Å². The van der Waals surface area contributed by atoms with Crippen LogP contribution in [-0.2, 0) is 14.8 Å². The van der Waals surface area contributed by atoms with Gasteiger partial charge < -0.3 is 14.5 Å². The van der Waals surface area contributed by atoms with Gasteiger partial charge in [-0.25, -0.2) is 13.2 Å². The predicted molar refractivity (Wildman–Crippen MR) is 110 cm³/mol. The van der Waals surface area contributed by atoms with Gasteiger partial charge in [0.05, 0.1) is 18.1 Å². The van der Waals surface area contributed by atoms with Crippen LogP contribution >= 0.6 is 0 Å². The number of sulfonamides is 1. The molecule has 1 aromatic carbocycles. The maximum atomic E-state index is 13.1. The number of likely N-dealkylation sites (tertiary alicyclic amines) is 1. The molecule has 160 valence electrons. The number of carbonyl (C=O) groups is 1. The number of nitrogens with zero attached hydrogens (tertiary/aromatic N) is 3. The van der Waals surface area contributed by atoms with Crippen molar-refractivity contribution in [1.29, 1.82) is 0 Å². The van der Waals surface area contributed by atoms with Crippen LogP contribution in [0, 0.1) is 5.92 Å². The van der Waals surface area contributed by atoms with Gasteiger partial charge in [0.1, 0.15) is 0 Å². The third-order valence-electron chi connectivity index (χ3n) is 6.50. The minimum absolute atomic E-state index is 0.136. The van der Waals surface area contributed by atoms with Crippen molar-refractivity contribution in [3.8, 4) is 0 Å². The first-order valence-electron chi connectivity index (χ1n) is 10.8. The first-order chi connectivity index (χ1) is 14.1. The molecule has 7 nitrogen and oxygen atoms in total. The number of urea groups is 1. The lowest BCUT2D eigenvalue weighted by Gasteiger charge is -2.45. The second kappa shape index (κ2) is 9.02. The maximum absolute atomic E-state index is 13.1. The average molecular weight is 422 g/mol. The second-order valence-corrected chi connectivity index (χ2v) is 10.1. The van der Waals surface area contributed by atoms with Crippen LogP contribution in [0.15, 0.2) is 35.2 Å². The summed E-state index contributed by atoms with van der Waals surface area (Å²) < 4.78 is 32.8. The molecule has 0 bridgehead atoms. The van der Waals surface area contributed by atoms with Crippen molar-refractivity contribution in [2.24, 2.45) is 5.92 Å². The number of amides is 2. The number of hydrogen-bond acceptors (Lipinski definition) is 4. The van der Waals surface area contributed by atoms with E-state index in [1.54, 1.807) is 28.6 Å². The molecule has 4 rings (SSSR count). The molecule has 1 atom stereocenters. The SMILES string of the molecule is O=C(N1CCOCC1)N1CCCCC1C1CCN(S(=O)(=O)c2ccccc2)CC1. The van der Waals surface area contributed by atoms with E-state index in [0.29, 0.717) is 50.2 Å². The van der Waals surface area contributed by atoms with Crippen LogP contribution in [0.5, 0.6) is 0 Å².